The van der Waals surface area contributed by atoms with Gasteiger partial charge in [0.1, 0.15) is 0 Å². The number of hydrogen-bond donors (Lipinski definition) is 2. The van der Waals surface area contributed by atoms with E-state index in [9.17, 15) is 0 Å². The Balaban J connectivity index is 1.65. The first-order valence-corrected chi connectivity index (χ1v) is 7.87. The number of nitrogens with one attached hydrogen (secondary N) is 2. The molecule has 0 fully saturated rings. The van der Waals surface area contributed by atoms with E-state index in [1.807, 2.05) is 55.5 Å². The van der Waals surface area contributed by atoms with Crippen molar-refractivity contribution < 1.29 is 0 Å². The van der Waals surface area contributed by atoms with Crippen LogP contribution >= 0.6 is 0 Å². The summed E-state index contributed by atoms with van der Waals surface area (Å²) in [6, 6.07) is 24.5. The summed E-state index contributed by atoms with van der Waals surface area (Å²) in [5.41, 5.74) is 12.3. The molecule has 0 radical (unpaired) electrons. The van der Waals surface area contributed by atoms with Crippen molar-refractivity contribution in [3.63, 3.8) is 0 Å². The van der Waals surface area contributed by atoms with Crippen LogP contribution in [0.25, 0.3) is 11.1 Å². The smallest absolute Gasteiger partial charge is 0.0903 e. The van der Waals surface area contributed by atoms with Crippen LogP contribution in [0.3, 0.4) is 0 Å². The first kappa shape index (κ1) is 15.7. The lowest BCUT2D eigenvalue weighted by molar-refractivity contribution is 0.803. The first-order chi connectivity index (χ1) is 11.7. The lowest BCUT2D eigenvalue weighted by Gasteiger charge is -2.10. The molecule has 0 heterocycles. The van der Waals surface area contributed by atoms with E-state index in [-0.39, 0.29) is 0 Å². The predicted molar refractivity (Wildman–Crippen MR) is 99.1 cm³/mol. The Morgan fingerprint density at radius 2 is 1.46 bits per heavy atom. The summed E-state index contributed by atoms with van der Waals surface area (Å²) < 4.78 is 0. The Kier molecular flexibility index (Phi) is 4.87. The van der Waals surface area contributed by atoms with Gasteiger partial charge in [0.15, 0.2) is 0 Å². The summed E-state index contributed by atoms with van der Waals surface area (Å²) in [4.78, 5) is 0. The van der Waals surface area contributed by atoms with Gasteiger partial charge in [0.25, 0.3) is 0 Å². The molecule has 3 aromatic carbocycles. The molecule has 3 rings (SSSR count). The summed E-state index contributed by atoms with van der Waals surface area (Å²) >= 11 is 0. The second kappa shape index (κ2) is 7.42. The number of nitrogens with zero attached hydrogens (tertiary/aromatic N) is 2. The van der Waals surface area contributed by atoms with Crippen LogP contribution in [-0.4, -0.2) is 0 Å². The topological polar surface area (TPSA) is 48.8 Å². The van der Waals surface area contributed by atoms with E-state index < -0.39 is 0 Å². The third-order valence-corrected chi connectivity index (χ3v) is 3.85. The van der Waals surface area contributed by atoms with Crippen molar-refractivity contribution in [2.75, 3.05) is 5.43 Å². The van der Waals surface area contributed by atoms with E-state index in [0.717, 1.165) is 22.5 Å². The van der Waals surface area contributed by atoms with E-state index in [2.05, 4.69) is 52.5 Å². The normalized spacial score (nSPS) is 10.8. The van der Waals surface area contributed by atoms with Crippen LogP contribution < -0.4 is 11.0 Å². The zero-order valence-electron chi connectivity index (χ0n) is 13.8. The van der Waals surface area contributed by atoms with E-state index in [4.69, 9.17) is 0 Å². The molecule has 0 spiro atoms. The summed E-state index contributed by atoms with van der Waals surface area (Å²) in [5, 5.41) is 8.15. The van der Waals surface area contributed by atoms with Gasteiger partial charge in [-0.1, -0.05) is 59.8 Å². The summed E-state index contributed by atoms with van der Waals surface area (Å²) in [7, 11) is 0. The molecule has 120 valence electrons. The van der Waals surface area contributed by atoms with E-state index in [1.165, 1.54) is 11.1 Å². The third kappa shape index (κ3) is 3.79. The van der Waals surface area contributed by atoms with Crippen LogP contribution in [-0.2, 0) is 0 Å². The zero-order valence-corrected chi connectivity index (χ0v) is 13.8. The molecule has 4 heteroatoms. The SMILES string of the molecule is Cc1ccccc1N=NNNc1ccc(-c2ccccc2)cc1C. The fourth-order valence-corrected chi connectivity index (χ4v) is 2.45. The minimum absolute atomic E-state index is 0.850. The maximum absolute atomic E-state index is 4.17. The quantitative estimate of drug-likeness (QED) is 0.476. The Labute approximate surface area is 142 Å². The molecule has 0 bridgehead atoms. The van der Waals surface area contributed by atoms with Crippen LogP contribution in [0.5, 0.6) is 0 Å². The highest BCUT2D eigenvalue weighted by atomic mass is 15.6. The fraction of sp³-hybridized carbons (Fsp3) is 0.100. The van der Waals surface area contributed by atoms with E-state index >= 15 is 0 Å². The van der Waals surface area contributed by atoms with E-state index in [0.29, 0.717) is 0 Å². The average Bonchev–Trinajstić information content (AvgIpc) is 2.62. The standard InChI is InChI=1S/C20H20N4/c1-15-8-6-7-11-19(15)21-23-24-22-20-13-12-18(14-16(20)2)17-9-4-3-5-10-17/h3-14H,1-2H3,(H,21,24)(H,22,23). The van der Waals surface area contributed by atoms with Gasteiger partial charge in [0.05, 0.1) is 11.4 Å². The highest BCUT2D eigenvalue weighted by molar-refractivity contribution is 5.68. The van der Waals surface area contributed by atoms with Crippen LogP contribution in [0.1, 0.15) is 11.1 Å². The molecule has 4 nitrogen and oxygen atoms in total. The maximum Gasteiger partial charge on any atom is 0.0903 e. The zero-order chi connectivity index (χ0) is 16.8. The monoisotopic (exact) mass is 316 g/mol. The molecule has 0 saturated carbocycles. The summed E-state index contributed by atoms with van der Waals surface area (Å²) in [5.74, 6) is 0. The molecule has 0 aliphatic heterocycles. The molecule has 24 heavy (non-hydrogen) atoms. The largest absolute Gasteiger partial charge is 0.284 e. The number of hydrazine groups is 1. The fourth-order valence-electron chi connectivity index (χ4n) is 2.45. The Morgan fingerprint density at radius 3 is 2.21 bits per heavy atom. The molecule has 0 saturated heterocycles. The number of aryl methyl sites for hydroxylation is 2. The van der Waals surface area contributed by atoms with Crippen molar-refractivity contribution in [1.82, 2.24) is 5.53 Å². The van der Waals surface area contributed by atoms with Gasteiger partial charge in [-0.2, -0.15) is 0 Å². The van der Waals surface area contributed by atoms with Crippen molar-refractivity contribution in [3.05, 3.63) is 83.9 Å². The van der Waals surface area contributed by atoms with Crippen LogP contribution in [0, 0.1) is 13.8 Å². The van der Waals surface area contributed by atoms with Crippen molar-refractivity contribution >= 4 is 11.4 Å². The Hall–Kier alpha value is -3.14. The maximum atomic E-state index is 4.17. The number of hydrogen-bond acceptors (Lipinski definition) is 3. The van der Waals surface area contributed by atoms with Crippen molar-refractivity contribution in [1.29, 1.82) is 0 Å². The van der Waals surface area contributed by atoms with E-state index in [1.54, 1.807) is 0 Å². The van der Waals surface area contributed by atoms with Gasteiger partial charge in [0.2, 0.25) is 0 Å². The number of benzene rings is 3. The minimum atomic E-state index is 0.850. The lowest BCUT2D eigenvalue weighted by atomic mass is 10.0. The molecule has 0 aromatic heterocycles. The molecular formula is C20H20N4. The third-order valence-electron chi connectivity index (χ3n) is 3.85. The van der Waals surface area contributed by atoms with Gasteiger partial charge in [-0.3, -0.25) is 5.43 Å². The molecular weight excluding hydrogens is 296 g/mol. The number of anilines is 1. The van der Waals surface area contributed by atoms with Crippen LogP contribution in [0.4, 0.5) is 11.4 Å². The van der Waals surface area contributed by atoms with Gasteiger partial charge in [-0.25, -0.2) is 5.53 Å². The predicted octanol–water partition coefficient (Wildman–Crippen LogP) is 5.59. The molecule has 3 aromatic rings. The second-order valence-electron chi connectivity index (χ2n) is 5.62. The number of rotatable bonds is 5. The molecule has 0 aliphatic rings. The highest BCUT2D eigenvalue weighted by Gasteiger charge is 2.01. The Morgan fingerprint density at radius 1 is 0.708 bits per heavy atom. The first-order valence-electron chi connectivity index (χ1n) is 7.87. The van der Waals surface area contributed by atoms with Gasteiger partial charge in [-0.15, -0.1) is 5.11 Å². The molecule has 2 N–H and O–H groups in total. The second-order valence-corrected chi connectivity index (χ2v) is 5.62. The van der Waals surface area contributed by atoms with Crippen LogP contribution in [0.15, 0.2) is 83.1 Å². The minimum Gasteiger partial charge on any atom is -0.284 e. The van der Waals surface area contributed by atoms with Gasteiger partial charge >= 0.3 is 0 Å². The lowest BCUT2D eigenvalue weighted by Crippen LogP contribution is -2.14. The average molecular weight is 316 g/mol. The van der Waals surface area contributed by atoms with Crippen molar-refractivity contribution in [3.8, 4) is 11.1 Å². The summed E-state index contributed by atoms with van der Waals surface area (Å²) in [6.45, 7) is 4.07. The Bertz CT molecular complexity index is 841. The van der Waals surface area contributed by atoms with Gasteiger partial charge in [0, 0.05) is 0 Å². The molecule has 0 atom stereocenters. The molecule has 0 aliphatic carbocycles. The molecule has 0 amide bonds. The van der Waals surface area contributed by atoms with Gasteiger partial charge in [-0.05, 0) is 54.3 Å². The van der Waals surface area contributed by atoms with Gasteiger partial charge < -0.3 is 0 Å². The van der Waals surface area contributed by atoms with Crippen molar-refractivity contribution in [2.24, 2.45) is 10.3 Å². The van der Waals surface area contributed by atoms with Crippen molar-refractivity contribution in [2.45, 2.75) is 13.8 Å². The van der Waals surface area contributed by atoms with Crippen LogP contribution in [0.2, 0.25) is 0 Å². The highest BCUT2D eigenvalue weighted by Crippen LogP contribution is 2.24. The molecule has 0 unspecified atom stereocenters. The summed E-state index contributed by atoms with van der Waals surface area (Å²) in [6.07, 6.45) is 0.